The molecule has 2 amide bonds. The van der Waals surface area contributed by atoms with E-state index in [1.165, 1.54) is 24.3 Å². The molecular weight excluding hydrogens is 341 g/mol. The number of thiophene rings is 1. The number of amides is 2. The summed E-state index contributed by atoms with van der Waals surface area (Å²) < 4.78 is 12.9. The van der Waals surface area contributed by atoms with Crippen LogP contribution >= 0.6 is 11.3 Å². The first-order valence-electron chi connectivity index (χ1n) is 8.05. The minimum absolute atomic E-state index is 0.123. The van der Waals surface area contributed by atoms with Crippen LogP contribution in [0.5, 0.6) is 0 Å². The summed E-state index contributed by atoms with van der Waals surface area (Å²) in [5, 5.41) is 5.91. The summed E-state index contributed by atoms with van der Waals surface area (Å²) in [5.41, 5.74) is 3.03. The number of carbonyl (C=O) groups excluding carboxylic acids is 2. The lowest BCUT2D eigenvalue weighted by Crippen LogP contribution is -2.42. The van der Waals surface area contributed by atoms with Crippen molar-refractivity contribution in [2.75, 3.05) is 13.1 Å². The van der Waals surface area contributed by atoms with Gasteiger partial charge in [-0.3, -0.25) is 9.59 Å². The number of rotatable bonds is 4. The van der Waals surface area contributed by atoms with Crippen molar-refractivity contribution in [3.05, 3.63) is 58.0 Å². The van der Waals surface area contributed by atoms with Gasteiger partial charge in [-0.2, -0.15) is 5.10 Å². The lowest BCUT2D eigenvalue weighted by Gasteiger charge is -2.31. The van der Waals surface area contributed by atoms with Gasteiger partial charge in [0.25, 0.3) is 5.91 Å². The van der Waals surface area contributed by atoms with E-state index in [2.05, 4.69) is 10.5 Å². The number of nitrogens with one attached hydrogen (secondary N) is 1. The maximum atomic E-state index is 12.9. The molecule has 1 N–H and O–H groups in total. The normalized spacial score (nSPS) is 15.5. The van der Waals surface area contributed by atoms with Gasteiger partial charge in [-0.05, 0) is 48.6 Å². The zero-order chi connectivity index (χ0) is 17.6. The molecule has 1 aromatic heterocycles. The van der Waals surface area contributed by atoms with E-state index < -0.39 is 0 Å². The summed E-state index contributed by atoms with van der Waals surface area (Å²) in [5.74, 6) is -0.774. The lowest BCUT2D eigenvalue weighted by atomic mass is 9.95. The quantitative estimate of drug-likeness (QED) is 0.674. The Balaban J connectivity index is 1.48. The molecule has 2 heterocycles. The first kappa shape index (κ1) is 17.3. The molecule has 130 valence electrons. The number of hydrazone groups is 1. The third kappa shape index (κ3) is 4.51. The molecule has 0 bridgehead atoms. The first-order chi connectivity index (χ1) is 12.1. The van der Waals surface area contributed by atoms with Crippen LogP contribution in [0, 0.1) is 11.7 Å². The van der Waals surface area contributed by atoms with Crippen molar-refractivity contribution >= 4 is 29.4 Å². The Morgan fingerprint density at radius 1 is 1.20 bits per heavy atom. The molecule has 1 aliphatic rings. The summed E-state index contributed by atoms with van der Waals surface area (Å²) in [4.78, 5) is 27.2. The minimum atomic E-state index is -0.366. The van der Waals surface area contributed by atoms with Crippen LogP contribution in [0.4, 0.5) is 4.39 Å². The van der Waals surface area contributed by atoms with Crippen LogP contribution in [-0.2, 0) is 4.79 Å². The van der Waals surface area contributed by atoms with Gasteiger partial charge in [0.2, 0.25) is 5.91 Å². The highest BCUT2D eigenvalue weighted by molar-refractivity contribution is 7.11. The van der Waals surface area contributed by atoms with E-state index in [0.717, 1.165) is 4.88 Å². The molecule has 1 aliphatic heterocycles. The van der Waals surface area contributed by atoms with Gasteiger partial charge in [0.05, 0.1) is 6.21 Å². The minimum Gasteiger partial charge on any atom is -0.339 e. The Bertz CT molecular complexity index is 751. The average molecular weight is 359 g/mol. The molecular formula is C18H18FN3O2S. The van der Waals surface area contributed by atoms with Gasteiger partial charge < -0.3 is 4.90 Å². The van der Waals surface area contributed by atoms with E-state index in [1.54, 1.807) is 22.5 Å². The average Bonchev–Trinajstić information content (AvgIpc) is 3.15. The number of hydrogen-bond donors (Lipinski definition) is 1. The van der Waals surface area contributed by atoms with Crippen LogP contribution < -0.4 is 5.43 Å². The molecule has 1 saturated heterocycles. The number of nitrogens with zero attached hydrogens (tertiary/aromatic N) is 2. The van der Waals surface area contributed by atoms with Gasteiger partial charge in [-0.15, -0.1) is 11.3 Å². The number of hydrogen-bond acceptors (Lipinski definition) is 4. The van der Waals surface area contributed by atoms with Crippen molar-refractivity contribution in [2.24, 2.45) is 11.0 Å². The second-order valence-electron chi connectivity index (χ2n) is 5.82. The predicted octanol–water partition coefficient (Wildman–Crippen LogP) is 2.89. The molecule has 25 heavy (non-hydrogen) atoms. The highest BCUT2D eigenvalue weighted by Crippen LogP contribution is 2.19. The van der Waals surface area contributed by atoms with Crippen LogP contribution in [0.3, 0.4) is 0 Å². The van der Waals surface area contributed by atoms with Crippen LogP contribution in [0.25, 0.3) is 0 Å². The van der Waals surface area contributed by atoms with E-state index in [1.807, 2.05) is 17.5 Å². The Hall–Kier alpha value is -2.54. The van der Waals surface area contributed by atoms with E-state index in [9.17, 15) is 14.0 Å². The van der Waals surface area contributed by atoms with Gasteiger partial charge in [-0.25, -0.2) is 9.82 Å². The van der Waals surface area contributed by atoms with Gasteiger partial charge in [0.15, 0.2) is 0 Å². The van der Waals surface area contributed by atoms with Crippen molar-refractivity contribution in [1.82, 2.24) is 10.3 Å². The van der Waals surface area contributed by atoms with Gasteiger partial charge in [-0.1, -0.05) is 6.07 Å². The molecule has 0 radical (unpaired) electrons. The highest BCUT2D eigenvalue weighted by Gasteiger charge is 2.27. The van der Waals surface area contributed by atoms with E-state index >= 15 is 0 Å². The molecule has 3 rings (SSSR count). The zero-order valence-corrected chi connectivity index (χ0v) is 14.3. The standard InChI is InChI=1S/C18H18FN3O2S/c19-15-5-3-14(4-6-15)18(24)22-9-7-13(8-10-22)17(23)21-20-12-16-2-1-11-25-16/h1-6,11-13H,7-10H2,(H,21,23)/b20-12-. The third-order valence-electron chi connectivity index (χ3n) is 4.15. The SMILES string of the molecule is O=C(N/N=C\c1cccs1)C1CCN(C(=O)c2ccc(F)cc2)CC1. The second-order valence-corrected chi connectivity index (χ2v) is 6.80. The Labute approximate surface area is 149 Å². The predicted molar refractivity (Wildman–Crippen MR) is 95.1 cm³/mol. The number of halogens is 1. The van der Waals surface area contributed by atoms with Crippen molar-refractivity contribution in [1.29, 1.82) is 0 Å². The summed E-state index contributed by atoms with van der Waals surface area (Å²) in [6, 6.07) is 9.35. The maximum absolute atomic E-state index is 12.9. The molecule has 0 aliphatic carbocycles. The molecule has 0 saturated carbocycles. The number of benzene rings is 1. The fourth-order valence-corrected chi connectivity index (χ4v) is 3.32. The molecule has 0 spiro atoms. The van der Waals surface area contributed by atoms with Crippen molar-refractivity contribution in [2.45, 2.75) is 12.8 Å². The van der Waals surface area contributed by atoms with Gasteiger partial charge in [0, 0.05) is 29.4 Å². The van der Waals surface area contributed by atoms with Gasteiger partial charge in [0.1, 0.15) is 5.82 Å². The molecule has 2 aromatic rings. The molecule has 5 nitrogen and oxygen atoms in total. The van der Waals surface area contributed by atoms with Crippen LogP contribution in [0.1, 0.15) is 28.1 Å². The molecule has 1 fully saturated rings. The van der Waals surface area contributed by atoms with E-state index in [4.69, 9.17) is 0 Å². The second kappa shape index (κ2) is 8.02. The molecule has 0 unspecified atom stereocenters. The van der Waals surface area contributed by atoms with Crippen molar-refractivity contribution in [3.8, 4) is 0 Å². The largest absolute Gasteiger partial charge is 0.339 e. The van der Waals surface area contributed by atoms with Gasteiger partial charge >= 0.3 is 0 Å². The first-order valence-corrected chi connectivity index (χ1v) is 8.93. The monoisotopic (exact) mass is 359 g/mol. The van der Waals surface area contributed by atoms with Crippen LogP contribution in [0.2, 0.25) is 0 Å². The number of piperidine rings is 1. The summed E-state index contributed by atoms with van der Waals surface area (Å²) >= 11 is 1.54. The van der Waals surface area contributed by atoms with Crippen molar-refractivity contribution in [3.63, 3.8) is 0 Å². The Morgan fingerprint density at radius 2 is 1.92 bits per heavy atom. The van der Waals surface area contributed by atoms with E-state index in [0.29, 0.717) is 31.5 Å². The third-order valence-corrected chi connectivity index (χ3v) is 4.96. The molecule has 0 atom stereocenters. The maximum Gasteiger partial charge on any atom is 0.253 e. The smallest absolute Gasteiger partial charge is 0.253 e. The Morgan fingerprint density at radius 3 is 2.56 bits per heavy atom. The molecule has 1 aromatic carbocycles. The lowest BCUT2D eigenvalue weighted by molar-refractivity contribution is -0.126. The fourth-order valence-electron chi connectivity index (χ4n) is 2.74. The van der Waals surface area contributed by atoms with Crippen LogP contribution in [0.15, 0.2) is 46.9 Å². The van der Waals surface area contributed by atoms with E-state index in [-0.39, 0.29) is 23.5 Å². The fraction of sp³-hybridized carbons (Fsp3) is 0.278. The summed E-state index contributed by atoms with van der Waals surface area (Å²) in [6.45, 7) is 1.01. The number of likely N-dealkylation sites (tertiary alicyclic amines) is 1. The summed E-state index contributed by atoms with van der Waals surface area (Å²) in [7, 11) is 0. The summed E-state index contributed by atoms with van der Waals surface area (Å²) in [6.07, 6.45) is 2.80. The Kier molecular flexibility index (Phi) is 5.55. The zero-order valence-electron chi connectivity index (χ0n) is 13.5. The topological polar surface area (TPSA) is 61.8 Å². The van der Waals surface area contributed by atoms with Crippen LogP contribution in [-0.4, -0.2) is 36.0 Å². The molecule has 7 heteroatoms. The highest BCUT2D eigenvalue weighted by atomic mass is 32.1. The van der Waals surface area contributed by atoms with Crippen molar-refractivity contribution < 1.29 is 14.0 Å². The number of carbonyl (C=O) groups is 2.